The molecule has 6 nitrogen and oxygen atoms in total. The fraction of sp³-hybridized carbons (Fsp3) is 0.867. The number of nitrogens with one attached hydrogen (secondary N) is 1. The fourth-order valence-corrected chi connectivity index (χ4v) is 3.24. The summed E-state index contributed by atoms with van der Waals surface area (Å²) in [6.45, 7) is 7.89. The Morgan fingerprint density at radius 2 is 2.00 bits per heavy atom. The fourth-order valence-electron chi connectivity index (χ4n) is 3.24. The van der Waals surface area contributed by atoms with E-state index in [2.05, 4.69) is 24.1 Å². The summed E-state index contributed by atoms with van der Waals surface area (Å²) in [5.74, 6) is -0.898. The lowest BCUT2D eigenvalue weighted by Gasteiger charge is -2.35. The average molecular weight is 299 g/mol. The summed E-state index contributed by atoms with van der Waals surface area (Å²) in [4.78, 5) is 27.6. The van der Waals surface area contributed by atoms with E-state index < -0.39 is 11.5 Å². The molecule has 0 aliphatic carbocycles. The van der Waals surface area contributed by atoms with E-state index in [1.807, 2.05) is 21.0 Å². The number of amides is 2. The summed E-state index contributed by atoms with van der Waals surface area (Å²) in [6.07, 6.45) is 1.72. The third-order valence-electron chi connectivity index (χ3n) is 4.18. The molecule has 1 heterocycles. The number of carbonyl (C=O) groups excluding carboxylic acids is 1. The first-order valence-corrected chi connectivity index (χ1v) is 7.58. The van der Waals surface area contributed by atoms with Crippen molar-refractivity contribution in [1.82, 2.24) is 15.1 Å². The van der Waals surface area contributed by atoms with Crippen molar-refractivity contribution >= 4 is 12.0 Å². The topological polar surface area (TPSA) is 72.9 Å². The van der Waals surface area contributed by atoms with Gasteiger partial charge < -0.3 is 20.2 Å². The van der Waals surface area contributed by atoms with Gasteiger partial charge in [0.15, 0.2) is 0 Å². The van der Waals surface area contributed by atoms with Gasteiger partial charge in [-0.3, -0.25) is 0 Å². The van der Waals surface area contributed by atoms with E-state index in [-0.39, 0.29) is 11.4 Å². The third-order valence-corrected chi connectivity index (χ3v) is 4.18. The van der Waals surface area contributed by atoms with E-state index >= 15 is 0 Å². The van der Waals surface area contributed by atoms with Crippen LogP contribution in [0.3, 0.4) is 0 Å². The van der Waals surface area contributed by atoms with Gasteiger partial charge in [-0.1, -0.05) is 20.8 Å². The zero-order valence-electron chi connectivity index (χ0n) is 13.9. The predicted octanol–water partition coefficient (Wildman–Crippen LogP) is 1.61. The molecule has 0 radical (unpaired) electrons. The zero-order valence-corrected chi connectivity index (χ0v) is 13.9. The van der Waals surface area contributed by atoms with Gasteiger partial charge in [-0.25, -0.2) is 9.59 Å². The molecule has 0 aromatic rings. The van der Waals surface area contributed by atoms with E-state index in [0.29, 0.717) is 25.9 Å². The molecule has 122 valence electrons. The highest BCUT2D eigenvalue weighted by Gasteiger charge is 2.48. The summed E-state index contributed by atoms with van der Waals surface area (Å²) in [7, 11) is 3.99. The van der Waals surface area contributed by atoms with Crippen LogP contribution < -0.4 is 5.32 Å². The van der Waals surface area contributed by atoms with E-state index in [4.69, 9.17) is 0 Å². The second-order valence-electron chi connectivity index (χ2n) is 7.01. The number of carboxylic acids is 1. The van der Waals surface area contributed by atoms with Gasteiger partial charge >= 0.3 is 12.0 Å². The number of aliphatic carboxylic acids is 1. The molecule has 1 atom stereocenters. The molecule has 1 unspecified atom stereocenters. The number of urea groups is 1. The van der Waals surface area contributed by atoms with Crippen molar-refractivity contribution in [3.05, 3.63) is 0 Å². The Hall–Kier alpha value is -1.30. The Morgan fingerprint density at radius 3 is 2.48 bits per heavy atom. The van der Waals surface area contributed by atoms with Gasteiger partial charge in [-0.15, -0.1) is 0 Å². The number of nitrogens with zero attached hydrogens (tertiary/aromatic N) is 2. The van der Waals surface area contributed by atoms with Crippen LogP contribution >= 0.6 is 0 Å². The Balaban J connectivity index is 2.69. The second kappa shape index (κ2) is 6.64. The van der Waals surface area contributed by atoms with Crippen molar-refractivity contribution < 1.29 is 14.7 Å². The van der Waals surface area contributed by atoms with Crippen molar-refractivity contribution in [2.24, 2.45) is 5.41 Å². The van der Waals surface area contributed by atoms with Gasteiger partial charge in [-0.05, 0) is 38.8 Å². The van der Waals surface area contributed by atoms with Crippen LogP contribution in [0.5, 0.6) is 0 Å². The first-order valence-electron chi connectivity index (χ1n) is 7.58. The molecule has 6 heteroatoms. The molecular weight excluding hydrogens is 270 g/mol. The zero-order chi connectivity index (χ0) is 16.3. The maximum absolute atomic E-state index is 12.4. The third kappa shape index (κ3) is 4.09. The van der Waals surface area contributed by atoms with E-state index in [0.717, 1.165) is 13.0 Å². The number of hydrogen-bond acceptors (Lipinski definition) is 3. The minimum absolute atomic E-state index is 0.0585. The highest BCUT2D eigenvalue weighted by Crippen LogP contribution is 2.32. The van der Waals surface area contributed by atoms with Gasteiger partial charge in [0.05, 0.1) is 0 Å². The summed E-state index contributed by atoms with van der Waals surface area (Å²) in [5.41, 5.74) is -1.09. The monoisotopic (exact) mass is 299 g/mol. The van der Waals surface area contributed by atoms with Crippen molar-refractivity contribution in [2.45, 2.75) is 45.6 Å². The largest absolute Gasteiger partial charge is 0.479 e. The van der Waals surface area contributed by atoms with Gasteiger partial charge in [-0.2, -0.15) is 0 Å². The number of carbonyl (C=O) groups is 2. The SMILES string of the molecule is CCC1(C(=O)O)CCCN1C(=O)NCC(C)(C)CN(C)C. The van der Waals surface area contributed by atoms with Crippen LogP contribution in [0.4, 0.5) is 4.79 Å². The average Bonchev–Trinajstić information content (AvgIpc) is 2.79. The van der Waals surface area contributed by atoms with Crippen LogP contribution in [-0.2, 0) is 4.79 Å². The molecule has 0 spiro atoms. The lowest BCUT2D eigenvalue weighted by molar-refractivity contribution is -0.148. The maximum atomic E-state index is 12.4. The molecule has 2 N–H and O–H groups in total. The maximum Gasteiger partial charge on any atom is 0.329 e. The van der Waals surface area contributed by atoms with E-state index in [1.165, 1.54) is 4.90 Å². The second-order valence-corrected chi connectivity index (χ2v) is 7.01. The summed E-state index contributed by atoms with van der Waals surface area (Å²) in [5, 5.41) is 12.4. The van der Waals surface area contributed by atoms with Crippen LogP contribution in [-0.4, -0.2) is 66.2 Å². The van der Waals surface area contributed by atoms with Gasteiger partial charge in [0.1, 0.15) is 5.54 Å². The standard InChI is InChI=1S/C15H29N3O3/c1-6-15(12(19)20)8-7-9-18(15)13(21)16-10-14(2,3)11-17(4)5/h6-11H2,1-5H3,(H,16,21)(H,19,20). The molecule has 1 aliphatic rings. The normalized spacial score (nSPS) is 22.7. The summed E-state index contributed by atoms with van der Waals surface area (Å²) in [6, 6.07) is -0.261. The van der Waals surface area contributed by atoms with Crippen molar-refractivity contribution in [3.63, 3.8) is 0 Å². The molecule has 21 heavy (non-hydrogen) atoms. The Bertz CT molecular complexity index is 396. The smallest absolute Gasteiger partial charge is 0.329 e. The lowest BCUT2D eigenvalue weighted by atomic mass is 9.92. The Labute approximate surface area is 127 Å². The number of hydrogen-bond donors (Lipinski definition) is 2. The van der Waals surface area contributed by atoms with Gasteiger partial charge in [0.2, 0.25) is 0 Å². The quantitative estimate of drug-likeness (QED) is 0.781. The highest BCUT2D eigenvalue weighted by atomic mass is 16.4. The Kier molecular flexibility index (Phi) is 5.61. The highest BCUT2D eigenvalue weighted by molar-refractivity contribution is 5.87. The van der Waals surface area contributed by atoms with Crippen LogP contribution in [0.1, 0.15) is 40.0 Å². The first-order chi connectivity index (χ1) is 9.64. The predicted molar refractivity (Wildman–Crippen MR) is 82.3 cm³/mol. The molecule has 0 aromatic carbocycles. The Morgan fingerprint density at radius 1 is 1.38 bits per heavy atom. The van der Waals surface area contributed by atoms with Crippen molar-refractivity contribution in [2.75, 3.05) is 33.7 Å². The van der Waals surface area contributed by atoms with Crippen LogP contribution in [0.2, 0.25) is 0 Å². The van der Waals surface area contributed by atoms with E-state index in [1.54, 1.807) is 0 Å². The number of carboxylic acid groups (broad SMARTS) is 1. The van der Waals surface area contributed by atoms with Gasteiger partial charge in [0, 0.05) is 19.6 Å². The van der Waals surface area contributed by atoms with E-state index in [9.17, 15) is 14.7 Å². The van der Waals surface area contributed by atoms with Crippen molar-refractivity contribution in [1.29, 1.82) is 0 Å². The number of likely N-dealkylation sites (tertiary alicyclic amines) is 1. The molecule has 0 aromatic heterocycles. The molecule has 2 amide bonds. The molecular formula is C15H29N3O3. The number of rotatable bonds is 6. The summed E-state index contributed by atoms with van der Waals surface area (Å²) < 4.78 is 0. The van der Waals surface area contributed by atoms with Crippen LogP contribution in [0.25, 0.3) is 0 Å². The first kappa shape index (κ1) is 17.8. The summed E-state index contributed by atoms with van der Waals surface area (Å²) >= 11 is 0. The molecule has 1 fully saturated rings. The molecule has 0 bridgehead atoms. The van der Waals surface area contributed by atoms with Crippen LogP contribution in [0.15, 0.2) is 0 Å². The minimum atomic E-state index is -1.03. The minimum Gasteiger partial charge on any atom is -0.479 e. The molecule has 0 saturated carbocycles. The van der Waals surface area contributed by atoms with Crippen LogP contribution in [0, 0.1) is 5.41 Å². The van der Waals surface area contributed by atoms with Gasteiger partial charge in [0.25, 0.3) is 0 Å². The molecule has 1 saturated heterocycles. The van der Waals surface area contributed by atoms with Crippen molar-refractivity contribution in [3.8, 4) is 0 Å². The molecule has 1 aliphatic heterocycles. The molecule has 1 rings (SSSR count). The lowest BCUT2D eigenvalue weighted by Crippen LogP contribution is -2.56.